The minimum Gasteiger partial charge on any atom is -0.471 e. The van der Waals surface area contributed by atoms with Crippen molar-refractivity contribution in [3.63, 3.8) is 0 Å². The molecule has 0 aliphatic carbocycles. The number of aryl methyl sites for hydroxylation is 1. The SMILES string of the molecule is Cc1nn(COc2cccc(F)c2)c(C)c1NC(=O)Nc1cccc2ccccc12. The first-order chi connectivity index (χ1) is 14.5. The standard InChI is InChI=1S/C23H21FN4O2/c1-15-22(16(2)28(27-15)14-30-19-10-6-9-18(24)13-19)26-23(29)25-21-12-5-8-17-7-3-4-11-20(17)21/h3-13H,14H2,1-2H3,(H2,25,26,29). The van der Waals surface area contributed by atoms with Crippen LogP contribution in [0.4, 0.5) is 20.6 Å². The van der Waals surface area contributed by atoms with Crippen LogP contribution >= 0.6 is 0 Å². The molecule has 0 atom stereocenters. The first-order valence-corrected chi connectivity index (χ1v) is 9.49. The molecule has 2 amide bonds. The predicted octanol–water partition coefficient (Wildman–Crippen LogP) is 5.47. The number of halogens is 1. The summed E-state index contributed by atoms with van der Waals surface area (Å²) in [6, 6.07) is 19.2. The maximum atomic E-state index is 13.3. The summed E-state index contributed by atoms with van der Waals surface area (Å²) in [5, 5.41) is 12.2. The van der Waals surface area contributed by atoms with Crippen molar-refractivity contribution in [3.05, 3.63) is 83.9 Å². The van der Waals surface area contributed by atoms with Crippen molar-refractivity contribution in [3.8, 4) is 5.75 Å². The van der Waals surface area contributed by atoms with E-state index in [1.54, 1.807) is 23.7 Å². The van der Waals surface area contributed by atoms with Gasteiger partial charge in [-0.25, -0.2) is 13.9 Å². The Balaban J connectivity index is 1.47. The second-order valence-corrected chi connectivity index (χ2v) is 6.88. The van der Waals surface area contributed by atoms with Gasteiger partial charge in [0.15, 0.2) is 6.73 Å². The van der Waals surface area contributed by atoms with Crippen LogP contribution in [0.3, 0.4) is 0 Å². The van der Waals surface area contributed by atoms with E-state index < -0.39 is 0 Å². The Labute approximate surface area is 173 Å². The van der Waals surface area contributed by atoms with Crippen molar-refractivity contribution in [1.29, 1.82) is 0 Å². The van der Waals surface area contributed by atoms with Gasteiger partial charge in [-0.1, -0.05) is 42.5 Å². The number of carbonyl (C=O) groups is 1. The molecule has 0 saturated heterocycles. The van der Waals surface area contributed by atoms with E-state index >= 15 is 0 Å². The lowest BCUT2D eigenvalue weighted by Crippen LogP contribution is -2.20. The second-order valence-electron chi connectivity index (χ2n) is 6.88. The molecule has 0 fully saturated rings. The number of aromatic nitrogens is 2. The molecule has 0 radical (unpaired) electrons. The van der Waals surface area contributed by atoms with Crippen molar-refractivity contribution in [2.24, 2.45) is 0 Å². The van der Waals surface area contributed by atoms with Gasteiger partial charge in [0.05, 0.1) is 22.8 Å². The molecule has 0 aliphatic rings. The van der Waals surface area contributed by atoms with Crippen LogP contribution in [0.25, 0.3) is 10.8 Å². The molecule has 6 nitrogen and oxygen atoms in total. The molecule has 30 heavy (non-hydrogen) atoms. The highest BCUT2D eigenvalue weighted by molar-refractivity contribution is 6.06. The number of benzene rings is 3. The molecule has 152 valence electrons. The normalized spacial score (nSPS) is 10.8. The summed E-state index contributed by atoms with van der Waals surface area (Å²) >= 11 is 0. The Hall–Kier alpha value is -3.87. The molecule has 4 rings (SSSR count). The topological polar surface area (TPSA) is 68.2 Å². The molecule has 0 aliphatic heterocycles. The van der Waals surface area contributed by atoms with Crippen LogP contribution in [-0.2, 0) is 6.73 Å². The Morgan fingerprint density at radius 1 is 1.03 bits per heavy atom. The second kappa shape index (κ2) is 8.24. The average Bonchev–Trinajstić information content (AvgIpc) is 3.00. The van der Waals surface area contributed by atoms with Crippen molar-refractivity contribution in [2.45, 2.75) is 20.6 Å². The fourth-order valence-electron chi connectivity index (χ4n) is 3.30. The molecule has 3 aromatic carbocycles. The van der Waals surface area contributed by atoms with Crippen LogP contribution in [0.5, 0.6) is 5.75 Å². The highest BCUT2D eigenvalue weighted by Gasteiger charge is 2.15. The number of nitrogens with one attached hydrogen (secondary N) is 2. The molecule has 0 saturated carbocycles. The molecule has 0 unspecified atom stereocenters. The quantitative estimate of drug-likeness (QED) is 0.463. The summed E-state index contributed by atoms with van der Waals surface area (Å²) < 4.78 is 20.5. The number of amides is 2. The average molecular weight is 404 g/mol. The number of carbonyl (C=O) groups excluding carboxylic acids is 1. The number of ether oxygens (including phenoxy) is 1. The molecule has 2 N–H and O–H groups in total. The lowest BCUT2D eigenvalue weighted by Gasteiger charge is -2.11. The zero-order valence-electron chi connectivity index (χ0n) is 16.6. The highest BCUT2D eigenvalue weighted by Crippen LogP contribution is 2.24. The zero-order chi connectivity index (χ0) is 21.1. The molecular weight excluding hydrogens is 383 g/mol. The summed E-state index contributed by atoms with van der Waals surface area (Å²) in [6.07, 6.45) is 0. The van der Waals surface area contributed by atoms with Gasteiger partial charge >= 0.3 is 6.03 Å². The molecule has 0 bridgehead atoms. The van der Waals surface area contributed by atoms with Gasteiger partial charge in [0.2, 0.25) is 0 Å². The Morgan fingerprint density at radius 3 is 2.63 bits per heavy atom. The van der Waals surface area contributed by atoms with Gasteiger partial charge in [0.25, 0.3) is 0 Å². The number of fused-ring (bicyclic) bond motifs is 1. The third kappa shape index (κ3) is 4.10. The van der Waals surface area contributed by atoms with Crippen molar-refractivity contribution < 1.29 is 13.9 Å². The van der Waals surface area contributed by atoms with Crippen LogP contribution in [-0.4, -0.2) is 15.8 Å². The van der Waals surface area contributed by atoms with Gasteiger partial charge in [-0.05, 0) is 37.4 Å². The van der Waals surface area contributed by atoms with Crippen LogP contribution in [0.1, 0.15) is 11.4 Å². The Bertz CT molecular complexity index is 1210. The summed E-state index contributed by atoms with van der Waals surface area (Å²) in [7, 11) is 0. The lowest BCUT2D eigenvalue weighted by molar-refractivity contribution is 0.217. The fourth-order valence-corrected chi connectivity index (χ4v) is 3.30. The van der Waals surface area contributed by atoms with Gasteiger partial charge in [0.1, 0.15) is 11.6 Å². The van der Waals surface area contributed by atoms with E-state index in [9.17, 15) is 9.18 Å². The lowest BCUT2D eigenvalue weighted by atomic mass is 10.1. The van der Waals surface area contributed by atoms with E-state index in [0.29, 0.717) is 17.1 Å². The molecule has 7 heteroatoms. The smallest absolute Gasteiger partial charge is 0.323 e. The minimum atomic E-state index is -0.367. The van der Waals surface area contributed by atoms with E-state index in [4.69, 9.17) is 4.74 Å². The van der Waals surface area contributed by atoms with E-state index in [1.165, 1.54) is 12.1 Å². The van der Waals surface area contributed by atoms with Crippen LogP contribution in [0, 0.1) is 19.7 Å². The van der Waals surface area contributed by atoms with Gasteiger partial charge in [-0.3, -0.25) is 0 Å². The van der Waals surface area contributed by atoms with Gasteiger partial charge < -0.3 is 15.4 Å². The third-order valence-corrected chi connectivity index (χ3v) is 4.81. The van der Waals surface area contributed by atoms with Gasteiger partial charge in [0, 0.05) is 11.5 Å². The maximum Gasteiger partial charge on any atom is 0.323 e. The van der Waals surface area contributed by atoms with Crippen molar-refractivity contribution >= 4 is 28.2 Å². The molecule has 1 aromatic heterocycles. The first kappa shape index (κ1) is 19.4. The van der Waals surface area contributed by atoms with Crippen LogP contribution < -0.4 is 15.4 Å². The molecule has 4 aromatic rings. The van der Waals surface area contributed by atoms with Crippen LogP contribution in [0.2, 0.25) is 0 Å². The Kier molecular flexibility index (Phi) is 5.34. The Morgan fingerprint density at radius 2 is 1.80 bits per heavy atom. The fraction of sp³-hybridized carbons (Fsp3) is 0.130. The minimum absolute atomic E-state index is 0.0999. The maximum absolute atomic E-state index is 13.3. The number of nitrogens with zero attached hydrogens (tertiary/aromatic N) is 2. The summed E-state index contributed by atoms with van der Waals surface area (Å²) in [4.78, 5) is 12.6. The van der Waals surface area contributed by atoms with Gasteiger partial charge in [-0.2, -0.15) is 5.10 Å². The number of urea groups is 1. The predicted molar refractivity (Wildman–Crippen MR) is 115 cm³/mol. The van der Waals surface area contributed by atoms with Gasteiger partial charge in [-0.15, -0.1) is 0 Å². The first-order valence-electron chi connectivity index (χ1n) is 9.49. The summed E-state index contributed by atoms with van der Waals surface area (Å²) in [5.41, 5.74) is 2.72. The van der Waals surface area contributed by atoms with E-state index in [2.05, 4.69) is 15.7 Å². The molecule has 0 spiro atoms. The number of hydrogen-bond acceptors (Lipinski definition) is 3. The largest absolute Gasteiger partial charge is 0.471 e. The van der Waals surface area contributed by atoms with E-state index in [1.807, 2.05) is 49.4 Å². The van der Waals surface area contributed by atoms with Crippen molar-refractivity contribution in [1.82, 2.24) is 9.78 Å². The summed E-state index contributed by atoms with van der Waals surface area (Å²) in [5.74, 6) is 0.0408. The molecular formula is C23H21FN4O2. The zero-order valence-corrected chi connectivity index (χ0v) is 16.6. The number of rotatable bonds is 5. The van der Waals surface area contributed by atoms with Crippen LogP contribution in [0.15, 0.2) is 66.7 Å². The van der Waals surface area contributed by atoms with Crippen molar-refractivity contribution in [2.75, 3.05) is 10.6 Å². The number of anilines is 2. The van der Waals surface area contributed by atoms with E-state index in [-0.39, 0.29) is 18.6 Å². The molecule has 1 heterocycles. The van der Waals surface area contributed by atoms with E-state index in [0.717, 1.165) is 22.2 Å². The highest BCUT2D eigenvalue weighted by atomic mass is 19.1. The monoisotopic (exact) mass is 404 g/mol. The summed E-state index contributed by atoms with van der Waals surface area (Å²) in [6.45, 7) is 3.74. The third-order valence-electron chi connectivity index (χ3n) is 4.81. The number of hydrogen-bond donors (Lipinski definition) is 2.